The SMILES string of the molecule is CC(NC(=O)C1CCOC1C)C(N)=S. The van der Waals surface area contributed by atoms with Crippen LogP contribution >= 0.6 is 12.2 Å². The van der Waals surface area contributed by atoms with Gasteiger partial charge in [-0.3, -0.25) is 4.79 Å². The predicted octanol–water partition coefficient (Wildman–Crippen LogP) is 0.202. The molecule has 0 aromatic carbocycles. The van der Waals surface area contributed by atoms with E-state index in [2.05, 4.69) is 5.32 Å². The van der Waals surface area contributed by atoms with E-state index in [0.29, 0.717) is 11.6 Å². The summed E-state index contributed by atoms with van der Waals surface area (Å²) in [5.41, 5.74) is 5.40. The van der Waals surface area contributed by atoms with Gasteiger partial charge < -0.3 is 15.8 Å². The largest absolute Gasteiger partial charge is 0.392 e. The molecule has 1 amide bonds. The third kappa shape index (κ3) is 2.65. The molecule has 1 aliphatic rings. The van der Waals surface area contributed by atoms with Crippen molar-refractivity contribution in [1.29, 1.82) is 0 Å². The van der Waals surface area contributed by atoms with Gasteiger partial charge >= 0.3 is 0 Å². The number of ether oxygens (including phenoxy) is 1. The van der Waals surface area contributed by atoms with Gasteiger partial charge in [-0.1, -0.05) is 12.2 Å². The Morgan fingerprint density at radius 2 is 2.36 bits per heavy atom. The first kappa shape index (κ1) is 11.4. The summed E-state index contributed by atoms with van der Waals surface area (Å²) in [5.74, 6) is -0.0814. The van der Waals surface area contributed by atoms with Crippen molar-refractivity contribution >= 4 is 23.1 Å². The number of hydrogen-bond donors (Lipinski definition) is 2. The van der Waals surface area contributed by atoms with E-state index in [9.17, 15) is 4.79 Å². The zero-order valence-corrected chi connectivity index (χ0v) is 9.26. The summed E-state index contributed by atoms with van der Waals surface area (Å²) in [6.07, 6.45) is 0.769. The second-order valence-corrected chi connectivity index (χ2v) is 4.08. The lowest BCUT2D eigenvalue weighted by molar-refractivity contribution is -0.126. The van der Waals surface area contributed by atoms with Crippen molar-refractivity contribution in [2.75, 3.05) is 6.61 Å². The molecule has 1 fully saturated rings. The molecule has 0 aromatic heterocycles. The Morgan fingerprint density at radius 3 is 2.79 bits per heavy atom. The topological polar surface area (TPSA) is 64.3 Å². The molecule has 1 saturated heterocycles. The van der Waals surface area contributed by atoms with E-state index in [4.69, 9.17) is 22.7 Å². The van der Waals surface area contributed by atoms with Crippen LogP contribution in [-0.4, -0.2) is 29.6 Å². The number of hydrogen-bond acceptors (Lipinski definition) is 3. The van der Waals surface area contributed by atoms with Crippen LogP contribution < -0.4 is 11.1 Å². The average Bonchev–Trinajstić information content (AvgIpc) is 2.51. The van der Waals surface area contributed by atoms with Gasteiger partial charge in [0.25, 0.3) is 0 Å². The van der Waals surface area contributed by atoms with Crippen LogP contribution in [0.4, 0.5) is 0 Å². The highest BCUT2D eigenvalue weighted by Crippen LogP contribution is 2.20. The number of carbonyl (C=O) groups is 1. The van der Waals surface area contributed by atoms with Crippen molar-refractivity contribution in [3.05, 3.63) is 0 Å². The van der Waals surface area contributed by atoms with Gasteiger partial charge in [-0.15, -0.1) is 0 Å². The first-order chi connectivity index (χ1) is 6.52. The standard InChI is InChI=1S/C9H16N2O2S/c1-5(8(10)14)11-9(12)7-3-4-13-6(7)2/h5-7H,3-4H2,1-2H3,(H2,10,14)(H,11,12). The summed E-state index contributed by atoms with van der Waals surface area (Å²) in [5, 5.41) is 2.77. The minimum atomic E-state index is -0.245. The Bertz CT molecular complexity index is 245. The van der Waals surface area contributed by atoms with Crippen molar-refractivity contribution < 1.29 is 9.53 Å². The van der Waals surface area contributed by atoms with Crippen LogP contribution in [0.25, 0.3) is 0 Å². The predicted molar refractivity (Wildman–Crippen MR) is 57.9 cm³/mol. The van der Waals surface area contributed by atoms with Gasteiger partial charge in [0.15, 0.2) is 0 Å². The van der Waals surface area contributed by atoms with E-state index < -0.39 is 0 Å². The van der Waals surface area contributed by atoms with Crippen molar-refractivity contribution in [2.24, 2.45) is 11.7 Å². The quantitative estimate of drug-likeness (QED) is 0.662. The molecule has 0 aliphatic carbocycles. The number of rotatable bonds is 3. The lowest BCUT2D eigenvalue weighted by Crippen LogP contribution is -2.45. The van der Waals surface area contributed by atoms with E-state index in [0.717, 1.165) is 6.42 Å². The highest BCUT2D eigenvalue weighted by molar-refractivity contribution is 7.80. The average molecular weight is 216 g/mol. The normalized spacial score (nSPS) is 28.4. The Balaban J connectivity index is 2.45. The molecule has 0 bridgehead atoms. The maximum Gasteiger partial charge on any atom is 0.226 e. The first-order valence-electron chi connectivity index (χ1n) is 4.73. The number of carbonyl (C=O) groups excluding carboxylic acids is 1. The minimum absolute atomic E-state index is 0.00598. The maximum atomic E-state index is 11.7. The second kappa shape index (κ2) is 4.70. The van der Waals surface area contributed by atoms with Crippen molar-refractivity contribution in [3.8, 4) is 0 Å². The molecule has 80 valence electrons. The van der Waals surface area contributed by atoms with E-state index >= 15 is 0 Å². The zero-order valence-electron chi connectivity index (χ0n) is 8.45. The summed E-state index contributed by atoms with van der Waals surface area (Å²) in [4.78, 5) is 12.0. The Morgan fingerprint density at radius 1 is 1.71 bits per heavy atom. The molecule has 0 radical (unpaired) electrons. The smallest absolute Gasteiger partial charge is 0.226 e. The van der Waals surface area contributed by atoms with E-state index in [1.54, 1.807) is 6.92 Å². The van der Waals surface area contributed by atoms with Crippen LogP contribution in [-0.2, 0) is 9.53 Å². The van der Waals surface area contributed by atoms with Gasteiger partial charge in [0, 0.05) is 6.61 Å². The van der Waals surface area contributed by atoms with Gasteiger partial charge in [0.1, 0.15) is 0 Å². The Hall–Kier alpha value is -0.680. The van der Waals surface area contributed by atoms with Crippen molar-refractivity contribution in [1.82, 2.24) is 5.32 Å². The highest BCUT2D eigenvalue weighted by Gasteiger charge is 2.31. The van der Waals surface area contributed by atoms with Gasteiger partial charge in [0.2, 0.25) is 5.91 Å². The summed E-state index contributed by atoms with van der Waals surface area (Å²) < 4.78 is 5.30. The van der Waals surface area contributed by atoms with Crippen molar-refractivity contribution in [3.63, 3.8) is 0 Å². The molecule has 3 unspecified atom stereocenters. The number of nitrogens with one attached hydrogen (secondary N) is 1. The summed E-state index contributed by atoms with van der Waals surface area (Å²) in [7, 11) is 0. The number of thiocarbonyl (C=S) groups is 1. The molecule has 0 saturated carbocycles. The molecule has 4 nitrogen and oxygen atoms in total. The van der Waals surface area contributed by atoms with Gasteiger partial charge in [0.05, 0.1) is 23.1 Å². The third-order valence-electron chi connectivity index (χ3n) is 2.50. The fourth-order valence-electron chi connectivity index (χ4n) is 1.47. The fraction of sp³-hybridized carbons (Fsp3) is 0.778. The molecule has 1 heterocycles. The molecule has 14 heavy (non-hydrogen) atoms. The molecule has 3 atom stereocenters. The Labute approximate surface area is 89.2 Å². The molecular weight excluding hydrogens is 200 g/mol. The van der Waals surface area contributed by atoms with Gasteiger partial charge in [-0.2, -0.15) is 0 Å². The van der Waals surface area contributed by atoms with Crippen LogP contribution in [0.5, 0.6) is 0 Å². The summed E-state index contributed by atoms with van der Waals surface area (Å²) in [6, 6.07) is -0.245. The maximum absolute atomic E-state index is 11.7. The first-order valence-corrected chi connectivity index (χ1v) is 5.14. The van der Waals surface area contributed by atoms with Gasteiger partial charge in [-0.05, 0) is 20.3 Å². The molecule has 0 spiro atoms. The molecule has 0 aromatic rings. The zero-order chi connectivity index (χ0) is 10.7. The van der Waals surface area contributed by atoms with E-state index in [1.807, 2.05) is 6.92 Å². The van der Waals surface area contributed by atoms with Crippen molar-refractivity contribution in [2.45, 2.75) is 32.4 Å². The Kier molecular flexibility index (Phi) is 3.83. The molecule has 3 N–H and O–H groups in total. The summed E-state index contributed by atoms with van der Waals surface area (Å²) >= 11 is 4.77. The lowest BCUT2D eigenvalue weighted by atomic mass is 10.0. The fourth-order valence-corrected chi connectivity index (χ4v) is 1.53. The third-order valence-corrected chi connectivity index (χ3v) is 2.85. The molecule has 1 aliphatic heterocycles. The van der Waals surface area contributed by atoms with Crippen LogP contribution in [0.15, 0.2) is 0 Å². The monoisotopic (exact) mass is 216 g/mol. The van der Waals surface area contributed by atoms with E-state index in [1.165, 1.54) is 0 Å². The van der Waals surface area contributed by atoms with Crippen LogP contribution in [0.3, 0.4) is 0 Å². The minimum Gasteiger partial charge on any atom is -0.392 e. The van der Waals surface area contributed by atoms with Crippen LogP contribution in [0.2, 0.25) is 0 Å². The molecule has 1 rings (SSSR count). The molecular formula is C9H16N2O2S. The summed E-state index contributed by atoms with van der Waals surface area (Å²) in [6.45, 7) is 4.34. The van der Waals surface area contributed by atoms with E-state index in [-0.39, 0.29) is 24.0 Å². The highest BCUT2D eigenvalue weighted by atomic mass is 32.1. The molecule has 5 heteroatoms. The number of amides is 1. The van der Waals surface area contributed by atoms with Gasteiger partial charge in [-0.25, -0.2) is 0 Å². The van der Waals surface area contributed by atoms with Crippen LogP contribution in [0, 0.1) is 5.92 Å². The number of nitrogens with two attached hydrogens (primary N) is 1. The second-order valence-electron chi connectivity index (χ2n) is 3.60. The van der Waals surface area contributed by atoms with Crippen LogP contribution in [0.1, 0.15) is 20.3 Å². The lowest BCUT2D eigenvalue weighted by Gasteiger charge is -2.17.